The first-order valence-electron chi connectivity index (χ1n) is 9.86. The summed E-state index contributed by atoms with van der Waals surface area (Å²) in [5.41, 5.74) is 2.26. The summed E-state index contributed by atoms with van der Waals surface area (Å²) in [6.45, 7) is 6.66. The number of ether oxygens (including phenoxy) is 1. The Morgan fingerprint density at radius 1 is 1.07 bits per heavy atom. The molecule has 148 valence electrons. The van der Waals surface area contributed by atoms with E-state index in [1.165, 1.54) is 18.4 Å². The highest BCUT2D eigenvalue weighted by atomic mass is 16.5. The molecule has 0 N–H and O–H groups in total. The van der Waals surface area contributed by atoms with Crippen molar-refractivity contribution in [1.29, 1.82) is 0 Å². The van der Waals surface area contributed by atoms with Crippen LogP contribution in [0.2, 0.25) is 0 Å². The van der Waals surface area contributed by atoms with Crippen molar-refractivity contribution in [2.75, 3.05) is 20.2 Å². The van der Waals surface area contributed by atoms with Gasteiger partial charge in [-0.25, -0.2) is 0 Å². The van der Waals surface area contributed by atoms with Crippen LogP contribution in [0.3, 0.4) is 0 Å². The van der Waals surface area contributed by atoms with Gasteiger partial charge in [-0.15, -0.1) is 10.2 Å². The average molecular weight is 381 g/mol. The predicted molar refractivity (Wildman–Crippen MR) is 106 cm³/mol. The van der Waals surface area contributed by atoms with Crippen LogP contribution in [0.4, 0.5) is 0 Å². The van der Waals surface area contributed by atoms with Crippen molar-refractivity contribution in [3.63, 3.8) is 0 Å². The number of nitrogens with zero attached hydrogens (tertiary/aromatic N) is 3. The normalized spacial score (nSPS) is 15.8. The van der Waals surface area contributed by atoms with E-state index in [0.29, 0.717) is 18.3 Å². The lowest BCUT2D eigenvalue weighted by molar-refractivity contribution is 0.164. The fraction of sp³-hybridized carbons (Fsp3) is 0.455. The third-order valence-corrected chi connectivity index (χ3v) is 5.49. The lowest BCUT2D eigenvalue weighted by Crippen LogP contribution is -2.33. The lowest BCUT2D eigenvalue weighted by atomic mass is 9.90. The molecule has 0 spiro atoms. The van der Waals surface area contributed by atoms with Crippen LogP contribution in [0, 0.1) is 19.8 Å². The van der Waals surface area contributed by atoms with Crippen LogP contribution in [0.1, 0.15) is 35.8 Å². The minimum Gasteiger partial charge on any atom is -0.497 e. The first kappa shape index (κ1) is 18.7. The SMILES string of the molecule is COc1ccc(CC2CCN(Cc3nnc(-c4cc(C)oc4C)o3)CC2)cc1. The molecule has 6 nitrogen and oxygen atoms in total. The number of piperidine rings is 1. The molecular formula is C22H27N3O3. The van der Waals surface area contributed by atoms with Gasteiger partial charge >= 0.3 is 0 Å². The van der Waals surface area contributed by atoms with Gasteiger partial charge in [0, 0.05) is 0 Å². The minimum atomic E-state index is 0.541. The van der Waals surface area contributed by atoms with Crippen molar-refractivity contribution < 1.29 is 13.6 Å². The van der Waals surface area contributed by atoms with Gasteiger partial charge in [-0.2, -0.15) is 0 Å². The second kappa shape index (κ2) is 8.19. The molecule has 1 saturated heterocycles. The maximum Gasteiger partial charge on any atom is 0.251 e. The lowest BCUT2D eigenvalue weighted by Gasteiger charge is -2.31. The molecule has 2 aromatic heterocycles. The number of aryl methyl sites for hydroxylation is 2. The first-order chi connectivity index (χ1) is 13.6. The molecule has 1 aliphatic rings. The molecule has 1 aromatic carbocycles. The van der Waals surface area contributed by atoms with E-state index in [1.54, 1.807) is 7.11 Å². The average Bonchev–Trinajstić information content (AvgIpc) is 3.29. The molecule has 1 aliphatic heterocycles. The van der Waals surface area contributed by atoms with Gasteiger partial charge in [-0.05, 0) is 75.9 Å². The highest BCUT2D eigenvalue weighted by molar-refractivity contribution is 5.55. The quantitative estimate of drug-likeness (QED) is 0.630. The van der Waals surface area contributed by atoms with E-state index in [4.69, 9.17) is 13.6 Å². The Kier molecular flexibility index (Phi) is 5.48. The topological polar surface area (TPSA) is 64.5 Å². The fourth-order valence-electron chi connectivity index (χ4n) is 3.90. The molecule has 3 heterocycles. The number of benzene rings is 1. The van der Waals surface area contributed by atoms with E-state index >= 15 is 0 Å². The van der Waals surface area contributed by atoms with Crippen molar-refractivity contribution >= 4 is 0 Å². The maximum absolute atomic E-state index is 5.88. The maximum atomic E-state index is 5.88. The van der Waals surface area contributed by atoms with Crippen molar-refractivity contribution in [2.45, 2.75) is 39.7 Å². The van der Waals surface area contributed by atoms with Crippen molar-refractivity contribution in [3.8, 4) is 17.2 Å². The van der Waals surface area contributed by atoms with E-state index < -0.39 is 0 Å². The number of hydrogen-bond donors (Lipinski definition) is 0. The number of rotatable bonds is 6. The molecule has 4 rings (SSSR count). The van der Waals surface area contributed by atoms with Gasteiger partial charge < -0.3 is 13.6 Å². The van der Waals surface area contributed by atoms with Gasteiger partial charge in [0.2, 0.25) is 5.89 Å². The standard InChI is InChI=1S/C22H27N3O3/c1-15-12-20(16(2)27-15)22-24-23-21(28-22)14-25-10-8-18(9-11-25)13-17-4-6-19(26-3)7-5-17/h4-7,12,18H,8-11,13-14H2,1-3H3. The van der Waals surface area contributed by atoms with Crippen LogP contribution in [0.15, 0.2) is 39.2 Å². The van der Waals surface area contributed by atoms with Crippen LogP contribution in [0.5, 0.6) is 5.75 Å². The highest BCUT2D eigenvalue weighted by Gasteiger charge is 2.22. The van der Waals surface area contributed by atoms with Crippen LogP contribution in [-0.4, -0.2) is 35.3 Å². The number of hydrogen-bond acceptors (Lipinski definition) is 6. The molecule has 0 saturated carbocycles. The van der Waals surface area contributed by atoms with E-state index in [-0.39, 0.29) is 0 Å². The van der Waals surface area contributed by atoms with Crippen molar-refractivity contribution in [2.24, 2.45) is 5.92 Å². The van der Waals surface area contributed by atoms with Crippen LogP contribution < -0.4 is 4.74 Å². The van der Waals surface area contributed by atoms with Crippen LogP contribution in [-0.2, 0) is 13.0 Å². The summed E-state index contributed by atoms with van der Waals surface area (Å²) in [5, 5.41) is 8.43. The second-order valence-corrected chi connectivity index (χ2v) is 7.60. The van der Waals surface area contributed by atoms with Gasteiger partial charge in [0.25, 0.3) is 5.89 Å². The summed E-state index contributed by atoms with van der Waals surface area (Å²) in [6.07, 6.45) is 3.50. The Balaban J connectivity index is 1.29. The van der Waals surface area contributed by atoms with E-state index in [1.807, 2.05) is 32.0 Å². The minimum absolute atomic E-state index is 0.541. The molecule has 3 aromatic rings. The largest absolute Gasteiger partial charge is 0.497 e. The Bertz CT molecular complexity index is 906. The molecule has 28 heavy (non-hydrogen) atoms. The van der Waals surface area contributed by atoms with Gasteiger partial charge in [-0.1, -0.05) is 12.1 Å². The Morgan fingerprint density at radius 2 is 1.82 bits per heavy atom. The Labute approximate surface area is 165 Å². The molecule has 0 amide bonds. The number of methoxy groups -OCH3 is 1. The Hall–Kier alpha value is -2.60. The third kappa shape index (κ3) is 4.28. The molecule has 0 radical (unpaired) electrons. The van der Waals surface area contributed by atoms with Crippen molar-refractivity contribution in [1.82, 2.24) is 15.1 Å². The molecular weight excluding hydrogens is 354 g/mol. The van der Waals surface area contributed by atoms with Gasteiger partial charge in [0.1, 0.15) is 17.3 Å². The fourth-order valence-corrected chi connectivity index (χ4v) is 3.90. The predicted octanol–water partition coefficient (Wildman–Crippen LogP) is 4.41. The highest BCUT2D eigenvalue weighted by Crippen LogP contribution is 2.27. The van der Waals surface area contributed by atoms with E-state index in [9.17, 15) is 0 Å². The molecule has 0 unspecified atom stereocenters. The third-order valence-electron chi connectivity index (χ3n) is 5.49. The number of furan rings is 1. The van der Waals surface area contributed by atoms with Crippen LogP contribution in [0.25, 0.3) is 11.5 Å². The van der Waals surface area contributed by atoms with Crippen LogP contribution >= 0.6 is 0 Å². The molecule has 1 fully saturated rings. The Morgan fingerprint density at radius 3 is 2.46 bits per heavy atom. The zero-order valence-corrected chi connectivity index (χ0v) is 16.8. The summed E-state index contributed by atoms with van der Waals surface area (Å²) >= 11 is 0. The smallest absolute Gasteiger partial charge is 0.251 e. The summed E-state index contributed by atoms with van der Waals surface area (Å²) in [4.78, 5) is 2.40. The summed E-state index contributed by atoms with van der Waals surface area (Å²) in [6, 6.07) is 10.4. The van der Waals surface area contributed by atoms with Gasteiger partial charge in [0.15, 0.2) is 0 Å². The molecule has 6 heteroatoms. The number of aromatic nitrogens is 2. The van der Waals surface area contributed by atoms with Gasteiger partial charge in [0.05, 0.1) is 19.2 Å². The van der Waals surface area contributed by atoms with Crippen molar-refractivity contribution in [3.05, 3.63) is 53.3 Å². The molecule has 0 aliphatic carbocycles. The zero-order chi connectivity index (χ0) is 19.5. The molecule has 0 bridgehead atoms. The monoisotopic (exact) mass is 381 g/mol. The second-order valence-electron chi connectivity index (χ2n) is 7.60. The zero-order valence-electron chi connectivity index (χ0n) is 16.8. The first-order valence-corrected chi connectivity index (χ1v) is 9.86. The number of likely N-dealkylation sites (tertiary alicyclic amines) is 1. The summed E-state index contributed by atoms with van der Waals surface area (Å²) in [5.74, 6) is 4.51. The summed E-state index contributed by atoms with van der Waals surface area (Å²) < 4.78 is 16.7. The summed E-state index contributed by atoms with van der Waals surface area (Å²) in [7, 11) is 1.70. The van der Waals surface area contributed by atoms with E-state index in [2.05, 4.69) is 27.2 Å². The molecule has 0 atom stereocenters. The van der Waals surface area contributed by atoms with E-state index in [0.717, 1.165) is 48.3 Å². The van der Waals surface area contributed by atoms with Gasteiger partial charge in [-0.3, -0.25) is 4.90 Å².